The standard InChI is InChI=1S/C48H36N2/c1-35-14-10-11-31-50(44-22-13-20-40(33-44)37-17-6-3-7-18-37)48-30-27-41(34-46(35)48)39-19-12-21-42(32-39)45-23-8-9-24-47(45)49-43-28-25-38(26-29-43)36-15-4-2-5-16-36/h2-34,49H,1H2/b14-10-,31-11-. The first-order valence-corrected chi connectivity index (χ1v) is 16.9. The van der Waals surface area contributed by atoms with E-state index in [0.717, 1.165) is 56.1 Å². The third-order valence-electron chi connectivity index (χ3n) is 9.18. The molecule has 7 aromatic carbocycles. The van der Waals surface area contributed by atoms with E-state index in [4.69, 9.17) is 0 Å². The van der Waals surface area contributed by atoms with Crippen LogP contribution in [0.1, 0.15) is 5.56 Å². The lowest BCUT2D eigenvalue weighted by atomic mass is 9.94. The van der Waals surface area contributed by atoms with E-state index in [0.29, 0.717) is 0 Å². The van der Waals surface area contributed by atoms with Crippen molar-refractivity contribution in [2.75, 3.05) is 10.2 Å². The van der Waals surface area contributed by atoms with Crippen molar-refractivity contribution in [3.8, 4) is 44.5 Å². The van der Waals surface area contributed by atoms with Crippen LogP contribution in [0.15, 0.2) is 207 Å². The first kappa shape index (κ1) is 30.7. The summed E-state index contributed by atoms with van der Waals surface area (Å²) >= 11 is 0. The van der Waals surface area contributed by atoms with Crippen LogP contribution in [0.5, 0.6) is 0 Å². The number of anilines is 4. The van der Waals surface area contributed by atoms with Gasteiger partial charge in [0.2, 0.25) is 0 Å². The van der Waals surface area contributed by atoms with Crippen LogP contribution in [0.4, 0.5) is 22.7 Å². The second-order valence-corrected chi connectivity index (χ2v) is 12.4. The summed E-state index contributed by atoms with van der Waals surface area (Å²) < 4.78 is 0. The molecule has 0 amide bonds. The topological polar surface area (TPSA) is 15.3 Å². The smallest absolute Gasteiger partial charge is 0.0534 e. The van der Waals surface area contributed by atoms with Gasteiger partial charge in [-0.15, -0.1) is 0 Å². The molecule has 0 radical (unpaired) electrons. The van der Waals surface area contributed by atoms with E-state index in [2.05, 4.69) is 211 Å². The molecule has 1 aliphatic rings. The van der Waals surface area contributed by atoms with Crippen LogP contribution in [0.3, 0.4) is 0 Å². The maximum atomic E-state index is 4.47. The van der Waals surface area contributed by atoms with Crippen molar-refractivity contribution in [1.29, 1.82) is 0 Å². The van der Waals surface area contributed by atoms with Crippen LogP contribution in [-0.2, 0) is 0 Å². The van der Waals surface area contributed by atoms with Crippen molar-refractivity contribution in [3.05, 3.63) is 212 Å². The molecule has 2 nitrogen and oxygen atoms in total. The summed E-state index contributed by atoms with van der Waals surface area (Å²) in [5.74, 6) is 0. The monoisotopic (exact) mass is 640 g/mol. The van der Waals surface area contributed by atoms with Crippen molar-refractivity contribution in [1.82, 2.24) is 0 Å². The van der Waals surface area contributed by atoms with Gasteiger partial charge in [-0.3, -0.25) is 0 Å². The number of nitrogens with one attached hydrogen (secondary N) is 1. The van der Waals surface area contributed by atoms with Gasteiger partial charge in [-0.1, -0.05) is 146 Å². The lowest BCUT2D eigenvalue weighted by Crippen LogP contribution is -2.11. The van der Waals surface area contributed by atoms with Gasteiger partial charge in [0.25, 0.3) is 0 Å². The average molecular weight is 641 g/mol. The van der Waals surface area contributed by atoms with Gasteiger partial charge in [0.1, 0.15) is 0 Å². The molecule has 238 valence electrons. The Labute approximate surface area is 294 Å². The molecule has 0 fully saturated rings. The maximum absolute atomic E-state index is 4.47. The molecule has 2 heteroatoms. The highest BCUT2D eigenvalue weighted by atomic mass is 15.1. The van der Waals surface area contributed by atoms with Crippen molar-refractivity contribution in [2.45, 2.75) is 0 Å². The molecule has 0 atom stereocenters. The summed E-state index contributed by atoms with van der Waals surface area (Å²) in [5, 5.41) is 3.67. The Morgan fingerprint density at radius 1 is 0.420 bits per heavy atom. The van der Waals surface area contributed by atoms with Crippen LogP contribution in [-0.4, -0.2) is 0 Å². The Morgan fingerprint density at radius 3 is 1.78 bits per heavy atom. The van der Waals surface area contributed by atoms with Gasteiger partial charge < -0.3 is 10.2 Å². The van der Waals surface area contributed by atoms with E-state index in [1.165, 1.54) is 22.3 Å². The molecule has 8 rings (SSSR count). The molecule has 1 N–H and O–H groups in total. The lowest BCUT2D eigenvalue weighted by molar-refractivity contribution is 1.27. The highest BCUT2D eigenvalue weighted by molar-refractivity contribution is 5.90. The molecule has 0 aliphatic carbocycles. The average Bonchev–Trinajstić information content (AvgIpc) is 3.18. The van der Waals surface area contributed by atoms with Crippen LogP contribution < -0.4 is 10.2 Å². The van der Waals surface area contributed by atoms with Gasteiger partial charge in [0.05, 0.1) is 5.69 Å². The van der Waals surface area contributed by atoms with Gasteiger partial charge >= 0.3 is 0 Å². The molecule has 1 heterocycles. The number of hydrogen-bond acceptors (Lipinski definition) is 2. The molecule has 50 heavy (non-hydrogen) atoms. The Balaban J connectivity index is 1.11. The largest absolute Gasteiger partial charge is 0.355 e. The highest BCUT2D eigenvalue weighted by Gasteiger charge is 2.17. The Morgan fingerprint density at radius 2 is 1.00 bits per heavy atom. The van der Waals surface area contributed by atoms with Gasteiger partial charge in [-0.05, 0) is 99.1 Å². The van der Waals surface area contributed by atoms with Crippen molar-refractivity contribution in [3.63, 3.8) is 0 Å². The number of fused-ring (bicyclic) bond motifs is 1. The van der Waals surface area contributed by atoms with Crippen LogP contribution in [0.2, 0.25) is 0 Å². The van der Waals surface area contributed by atoms with E-state index in [-0.39, 0.29) is 0 Å². The molecule has 0 unspecified atom stereocenters. The quantitative estimate of drug-likeness (QED) is 0.186. The zero-order valence-corrected chi connectivity index (χ0v) is 27.7. The SMILES string of the molecule is C=C1/C=C\C=C/N(c2cccc(-c3ccccc3)c2)c2ccc(-c3cccc(-c4ccccc4Nc4ccc(-c5ccccc5)cc4)c3)cc21. The molecule has 0 bridgehead atoms. The minimum atomic E-state index is 0.972. The van der Waals surface area contributed by atoms with Gasteiger partial charge in [-0.2, -0.15) is 0 Å². The molecule has 1 aliphatic heterocycles. The molecule has 7 aromatic rings. The fraction of sp³-hybridized carbons (Fsp3) is 0. The summed E-state index contributed by atoms with van der Waals surface area (Å²) in [4.78, 5) is 2.25. The molecule has 0 saturated carbocycles. The number of rotatable bonds is 7. The zero-order valence-electron chi connectivity index (χ0n) is 27.7. The summed E-state index contributed by atoms with van der Waals surface area (Å²) in [6.07, 6.45) is 8.35. The predicted molar refractivity (Wildman–Crippen MR) is 214 cm³/mol. The van der Waals surface area contributed by atoms with E-state index in [1.807, 2.05) is 6.07 Å². The fourth-order valence-electron chi connectivity index (χ4n) is 6.59. The Hall–Kier alpha value is -6.64. The number of allylic oxidation sites excluding steroid dienone is 4. The Kier molecular flexibility index (Phi) is 8.49. The van der Waals surface area contributed by atoms with Crippen molar-refractivity contribution >= 4 is 28.3 Å². The third kappa shape index (κ3) is 6.43. The number of nitrogens with zero attached hydrogens (tertiary/aromatic N) is 1. The summed E-state index contributed by atoms with van der Waals surface area (Å²) in [7, 11) is 0. The van der Waals surface area contributed by atoms with E-state index in [9.17, 15) is 0 Å². The molecule has 0 spiro atoms. The molecule has 0 aromatic heterocycles. The van der Waals surface area contributed by atoms with Gasteiger partial charge in [0.15, 0.2) is 0 Å². The molecule has 0 saturated heterocycles. The van der Waals surface area contributed by atoms with Crippen LogP contribution in [0.25, 0.3) is 50.1 Å². The van der Waals surface area contributed by atoms with Crippen molar-refractivity contribution < 1.29 is 0 Å². The number of hydrogen-bond donors (Lipinski definition) is 1. The number of para-hydroxylation sites is 1. The first-order chi connectivity index (χ1) is 24.7. The summed E-state index contributed by atoms with van der Waals surface area (Å²) in [5.41, 5.74) is 15.8. The minimum absolute atomic E-state index is 0.972. The van der Waals surface area contributed by atoms with E-state index in [1.54, 1.807) is 0 Å². The minimum Gasteiger partial charge on any atom is -0.355 e. The second-order valence-electron chi connectivity index (χ2n) is 12.4. The lowest BCUT2D eigenvalue weighted by Gasteiger charge is -2.26. The fourth-order valence-corrected chi connectivity index (χ4v) is 6.59. The maximum Gasteiger partial charge on any atom is 0.0534 e. The van der Waals surface area contributed by atoms with Gasteiger partial charge in [-0.25, -0.2) is 0 Å². The number of benzene rings is 7. The van der Waals surface area contributed by atoms with Crippen LogP contribution >= 0.6 is 0 Å². The van der Waals surface area contributed by atoms with Crippen molar-refractivity contribution in [2.24, 2.45) is 0 Å². The summed E-state index contributed by atoms with van der Waals surface area (Å²) in [6.45, 7) is 4.47. The molecular formula is C48H36N2. The van der Waals surface area contributed by atoms with Gasteiger partial charge in [0, 0.05) is 34.4 Å². The van der Waals surface area contributed by atoms with Crippen LogP contribution in [0, 0.1) is 0 Å². The zero-order chi connectivity index (χ0) is 33.7. The highest BCUT2D eigenvalue weighted by Crippen LogP contribution is 2.39. The van der Waals surface area contributed by atoms with E-state index >= 15 is 0 Å². The molecular weight excluding hydrogens is 605 g/mol. The third-order valence-corrected chi connectivity index (χ3v) is 9.18. The summed E-state index contributed by atoms with van der Waals surface area (Å²) in [6, 6.07) is 62.3. The van der Waals surface area contributed by atoms with E-state index < -0.39 is 0 Å². The second kappa shape index (κ2) is 13.8. The first-order valence-electron chi connectivity index (χ1n) is 16.9. The normalized spacial score (nSPS) is 13.5. The predicted octanol–water partition coefficient (Wildman–Crippen LogP) is 13.3. The Bertz CT molecular complexity index is 2350.